The van der Waals surface area contributed by atoms with Gasteiger partial charge in [0.25, 0.3) is 5.91 Å². The van der Waals surface area contributed by atoms with E-state index in [0.717, 1.165) is 21.8 Å². The van der Waals surface area contributed by atoms with E-state index < -0.39 is 0 Å². The van der Waals surface area contributed by atoms with Crippen LogP contribution < -0.4 is 5.32 Å². The topological polar surface area (TPSA) is 29.1 Å². The lowest BCUT2D eigenvalue weighted by molar-refractivity contribution is 0.0952. The summed E-state index contributed by atoms with van der Waals surface area (Å²) >= 11 is 12.7. The van der Waals surface area contributed by atoms with E-state index in [1.54, 1.807) is 6.07 Å². The summed E-state index contributed by atoms with van der Waals surface area (Å²) < 4.78 is 1.72. The Kier molecular flexibility index (Phi) is 6.52. The van der Waals surface area contributed by atoms with Gasteiger partial charge in [0.05, 0.1) is 5.56 Å². The van der Waals surface area contributed by atoms with Crippen LogP contribution in [0.2, 0.25) is 0 Å². The Morgan fingerprint density at radius 2 is 2.18 bits per heavy atom. The smallest absolute Gasteiger partial charge is 0.252 e. The molecule has 0 aromatic heterocycles. The lowest BCUT2D eigenvalue weighted by atomic mass is 10.2. The molecule has 2 nitrogen and oxygen atoms in total. The van der Waals surface area contributed by atoms with Gasteiger partial charge in [-0.2, -0.15) is 0 Å². The number of carbonyl (C=O) groups is 1. The highest BCUT2D eigenvalue weighted by Crippen LogP contribution is 2.21. The van der Waals surface area contributed by atoms with Crippen LogP contribution in [0.15, 0.2) is 27.1 Å². The first-order valence-corrected chi connectivity index (χ1v) is 7.44. The van der Waals surface area contributed by atoms with Gasteiger partial charge in [0.2, 0.25) is 0 Å². The fraction of sp³-hybridized carbons (Fsp3) is 0.417. The number of hydrogen-bond acceptors (Lipinski definition) is 1. The maximum Gasteiger partial charge on any atom is 0.252 e. The van der Waals surface area contributed by atoms with E-state index in [-0.39, 0.29) is 11.3 Å². The third kappa shape index (κ3) is 4.98. The van der Waals surface area contributed by atoms with Crippen molar-refractivity contribution in [3.63, 3.8) is 0 Å². The minimum Gasteiger partial charge on any atom is -0.352 e. The molecule has 1 aromatic rings. The van der Waals surface area contributed by atoms with E-state index in [0.29, 0.717) is 12.1 Å². The minimum atomic E-state index is -0.0793. The second-order valence-corrected chi connectivity index (χ2v) is 6.06. The first kappa shape index (κ1) is 15.0. The van der Waals surface area contributed by atoms with Gasteiger partial charge in [-0.05, 0) is 47.0 Å². The van der Waals surface area contributed by atoms with E-state index in [1.165, 1.54) is 0 Å². The molecule has 1 rings (SSSR count). The number of benzene rings is 1. The molecule has 1 amide bonds. The largest absolute Gasteiger partial charge is 0.352 e. The number of hydrogen-bond donors (Lipinski definition) is 1. The van der Waals surface area contributed by atoms with Gasteiger partial charge in [0, 0.05) is 20.9 Å². The van der Waals surface area contributed by atoms with Crippen molar-refractivity contribution < 1.29 is 4.79 Å². The summed E-state index contributed by atoms with van der Waals surface area (Å²) in [5.74, 6) is -0.0793. The molecule has 1 N–H and O–H groups in total. The fourth-order valence-corrected chi connectivity index (χ4v) is 2.65. The van der Waals surface area contributed by atoms with Crippen molar-refractivity contribution in [1.82, 2.24) is 5.32 Å². The Morgan fingerprint density at radius 3 is 2.76 bits per heavy atom. The van der Waals surface area contributed by atoms with Crippen molar-refractivity contribution in [2.75, 3.05) is 6.54 Å². The average Bonchev–Trinajstić information content (AvgIpc) is 2.28. The monoisotopic (exact) mass is 381 g/mol. The molecule has 0 heterocycles. The summed E-state index contributed by atoms with van der Waals surface area (Å²) in [4.78, 5) is 11.8. The van der Waals surface area contributed by atoms with Crippen molar-refractivity contribution in [3.05, 3.63) is 32.7 Å². The number of nitrogens with one attached hydrogen (secondary N) is 1. The molecule has 17 heavy (non-hydrogen) atoms. The lowest BCUT2D eigenvalue weighted by Gasteiger charge is -2.09. The van der Waals surface area contributed by atoms with Crippen molar-refractivity contribution in [2.24, 2.45) is 0 Å². The predicted octanol–water partition coefficient (Wildman–Crippen LogP) is 4.35. The van der Waals surface area contributed by atoms with E-state index in [1.807, 2.05) is 19.1 Å². The van der Waals surface area contributed by atoms with E-state index in [2.05, 4.69) is 37.2 Å². The molecule has 0 bridgehead atoms. The third-order valence-electron chi connectivity index (χ3n) is 2.36. The van der Waals surface area contributed by atoms with Crippen LogP contribution in [0, 0.1) is 0 Å². The predicted molar refractivity (Wildman–Crippen MR) is 78.7 cm³/mol. The molecule has 1 atom stereocenters. The molecule has 0 aliphatic carbocycles. The molecule has 0 aliphatic heterocycles. The molecule has 0 spiro atoms. The second kappa shape index (κ2) is 7.39. The maximum atomic E-state index is 11.8. The van der Waals surface area contributed by atoms with Crippen LogP contribution in [-0.4, -0.2) is 17.8 Å². The molecule has 0 saturated heterocycles. The van der Waals surface area contributed by atoms with Gasteiger partial charge in [-0.15, -0.1) is 11.6 Å². The van der Waals surface area contributed by atoms with E-state index in [4.69, 9.17) is 11.6 Å². The van der Waals surface area contributed by atoms with E-state index >= 15 is 0 Å². The number of halogens is 3. The van der Waals surface area contributed by atoms with Crippen molar-refractivity contribution >= 4 is 49.4 Å². The summed E-state index contributed by atoms with van der Waals surface area (Å²) in [6, 6.07) is 5.48. The van der Waals surface area contributed by atoms with Crippen molar-refractivity contribution in [2.45, 2.75) is 25.1 Å². The van der Waals surface area contributed by atoms with Crippen LogP contribution in [0.5, 0.6) is 0 Å². The van der Waals surface area contributed by atoms with Gasteiger partial charge in [-0.1, -0.05) is 22.9 Å². The maximum absolute atomic E-state index is 11.8. The molecular formula is C12H14Br2ClNO. The van der Waals surface area contributed by atoms with Gasteiger partial charge in [-0.3, -0.25) is 4.79 Å². The quantitative estimate of drug-likeness (QED) is 0.753. The zero-order chi connectivity index (χ0) is 12.8. The van der Waals surface area contributed by atoms with Gasteiger partial charge < -0.3 is 5.32 Å². The van der Waals surface area contributed by atoms with Gasteiger partial charge >= 0.3 is 0 Å². The van der Waals surface area contributed by atoms with Crippen LogP contribution in [0.4, 0.5) is 0 Å². The van der Waals surface area contributed by atoms with Gasteiger partial charge in [0.1, 0.15) is 0 Å². The molecular weight excluding hydrogens is 369 g/mol. The standard InChI is InChI=1S/C12H14Br2ClNO/c1-2-9(15)5-6-16-12(17)10-4-3-8(13)7-11(10)14/h3-4,7,9H,2,5-6H2,1H3,(H,16,17). The summed E-state index contributed by atoms with van der Waals surface area (Å²) in [6.07, 6.45) is 1.71. The Labute approximate surface area is 123 Å². The van der Waals surface area contributed by atoms with Crippen LogP contribution in [0.3, 0.4) is 0 Å². The molecule has 94 valence electrons. The number of alkyl halides is 1. The van der Waals surface area contributed by atoms with Crippen molar-refractivity contribution in [1.29, 1.82) is 0 Å². The second-order valence-electron chi connectivity index (χ2n) is 3.67. The number of carbonyl (C=O) groups excluding carboxylic acids is 1. The normalized spacial score (nSPS) is 12.2. The first-order chi connectivity index (χ1) is 8.04. The van der Waals surface area contributed by atoms with E-state index in [9.17, 15) is 4.79 Å². The van der Waals surface area contributed by atoms with Gasteiger partial charge in [-0.25, -0.2) is 0 Å². The number of rotatable bonds is 5. The third-order valence-corrected chi connectivity index (χ3v) is 4.04. The Hall–Kier alpha value is -0.0600. The van der Waals surface area contributed by atoms with Crippen LogP contribution in [0.25, 0.3) is 0 Å². The fourth-order valence-electron chi connectivity index (χ4n) is 1.32. The molecule has 5 heteroatoms. The van der Waals surface area contributed by atoms with Crippen LogP contribution in [0.1, 0.15) is 30.1 Å². The summed E-state index contributed by atoms with van der Waals surface area (Å²) in [6.45, 7) is 2.63. The summed E-state index contributed by atoms with van der Waals surface area (Å²) in [5, 5.41) is 2.98. The molecule has 0 saturated carbocycles. The zero-order valence-electron chi connectivity index (χ0n) is 9.47. The molecule has 1 aromatic carbocycles. The Balaban J connectivity index is 2.52. The Bertz CT molecular complexity index is 398. The number of amides is 1. The highest BCUT2D eigenvalue weighted by Gasteiger charge is 2.10. The zero-order valence-corrected chi connectivity index (χ0v) is 13.4. The first-order valence-electron chi connectivity index (χ1n) is 5.42. The molecule has 0 fully saturated rings. The molecule has 0 radical (unpaired) electrons. The highest BCUT2D eigenvalue weighted by molar-refractivity contribution is 9.11. The SMILES string of the molecule is CCC(Cl)CCNC(=O)c1ccc(Br)cc1Br. The lowest BCUT2D eigenvalue weighted by Crippen LogP contribution is -2.26. The van der Waals surface area contributed by atoms with Crippen molar-refractivity contribution in [3.8, 4) is 0 Å². The molecule has 1 unspecified atom stereocenters. The molecule has 0 aliphatic rings. The summed E-state index contributed by atoms with van der Waals surface area (Å²) in [5.41, 5.74) is 0.635. The summed E-state index contributed by atoms with van der Waals surface area (Å²) in [7, 11) is 0. The average molecular weight is 384 g/mol. The van der Waals surface area contributed by atoms with Crippen LogP contribution >= 0.6 is 43.5 Å². The highest BCUT2D eigenvalue weighted by atomic mass is 79.9. The van der Waals surface area contributed by atoms with Crippen LogP contribution in [-0.2, 0) is 0 Å². The van der Waals surface area contributed by atoms with Gasteiger partial charge in [0.15, 0.2) is 0 Å². The Morgan fingerprint density at radius 1 is 1.47 bits per heavy atom. The minimum absolute atomic E-state index is 0.0793.